The molecular formula is C20H19N3O3. The second kappa shape index (κ2) is 9.74. The average molecular weight is 349 g/mol. The van der Waals surface area contributed by atoms with Gasteiger partial charge in [0.25, 0.3) is 0 Å². The van der Waals surface area contributed by atoms with Crippen LogP contribution in [0.4, 0.5) is 11.4 Å². The van der Waals surface area contributed by atoms with Crippen molar-refractivity contribution in [3.05, 3.63) is 66.2 Å². The maximum absolute atomic E-state index is 11.2. The summed E-state index contributed by atoms with van der Waals surface area (Å²) in [7, 11) is 0. The summed E-state index contributed by atoms with van der Waals surface area (Å²) in [6.45, 7) is 5.86. The first-order valence-corrected chi connectivity index (χ1v) is 8.06. The monoisotopic (exact) mass is 349 g/mol. The highest BCUT2D eigenvalue weighted by Gasteiger charge is 2.02. The third kappa shape index (κ3) is 6.21. The van der Waals surface area contributed by atoms with E-state index in [2.05, 4.69) is 22.9 Å². The van der Waals surface area contributed by atoms with Crippen molar-refractivity contribution in [3.63, 3.8) is 0 Å². The molecule has 0 N–H and O–H groups in total. The van der Waals surface area contributed by atoms with E-state index >= 15 is 0 Å². The van der Waals surface area contributed by atoms with Crippen molar-refractivity contribution in [1.29, 1.82) is 5.26 Å². The smallest absolute Gasteiger partial charge is 0.333 e. The molecule has 0 bridgehead atoms. The average Bonchev–Trinajstić information content (AvgIpc) is 2.67. The molecule has 0 radical (unpaired) electrons. The summed E-state index contributed by atoms with van der Waals surface area (Å²) in [5.74, 6) is 0.315. The number of hydrogen-bond acceptors (Lipinski definition) is 6. The van der Waals surface area contributed by atoms with Gasteiger partial charge in [-0.05, 0) is 55.5 Å². The zero-order valence-electron chi connectivity index (χ0n) is 14.5. The van der Waals surface area contributed by atoms with E-state index in [1.807, 2.05) is 0 Å². The van der Waals surface area contributed by atoms with E-state index < -0.39 is 0 Å². The van der Waals surface area contributed by atoms with Crippen molar-refractivity contribution in [2.75, 3.05) is 13.2 Å². The van der Waals surface area contributed by atoms with Gasteiger partial charge in [-0.25, -0.2) is 4.79 Å². The molecule has 0 aliphatic heterocycles. The minimum Gasteiger partial charge on any atom is -0.493 e. The number of rotatable bonds is 8. The van der Waals surface area contributed by atoms with Crippen LogP contribution in [0.1, 0.15) is 18.9 Å². The fourth-order valence-corrected chi connectivity index (χ4v) is 1.86. The van der Waals surface area contributed by atoms with E-state index in [0.717, 1.165) is 0 Å². The number of azo groups is 1. The molecule has 0 spiro atoms. The lowest BCUT2D eigenvalue weighted by atomic mass is 10.2. The molecule has 0 heterocycles. The Hall–Kier alpha value is -3.46. The summed E-state index contributed by atoms with van der Waals surface area (Å²) in [5.41, 5.74) is 2.34. The van der Waals surface area contributed by atoms with Gasteiger partial charge in [-0.2, -0.15) is 15.5 Å². The Bertz CT molecular complexity index is 819. The maximum atomic E-state index is 11.2. The van der Waals surface area contributed by atoms with E-state index in [4.69, 9.17) is 14.7 Å². The van der Waals surface area contributed by atoms with Crippen LogP contribution in [0.3, 0.4) is 0 Å². The van der Waals surface area contributed by atoms with Crippen LogP contribution in [0.2, 0.25) is 0 Å². The van der Waals surface area contributed by atoms with E-state index in [1.165, 1.54) is 0 Å². The molecular weight excluding hydrogens is 330 g/mol. The Labute approximate surface area is 152 Å². The quantitative estimate of drug-likeness (QED) is 0.295. The number of carbonyl (C=O) groups is 1. The van der Waals surface area contributed by atoms with E-state index in [1.54, 1.807) is 55.5 Å². The highest BCUT2D eigenvalue weighted by Crippen LogP contribution is 2.21. The second-order valence-electron chi connectivity index (χ2n) is 5.47. The van der Waals surface area contributed by atoms with Crippen LogP contribution in [0.5, 0.6) is 5.75 Å². The molecule has 0 aromatic heterocycles. The summed E-state index contributed by atoms with van der Waals surface area (Å²) in [5, 5.41) is 17.0. The van der Waals surface area contributed by atoms with Gasteiger partial charge in [0.05, 0.1) is 36.2 Å². The largest absolute Gasteiger partial charge is 0.493 e. The molecule has 0 unspecified atom stereocenters. The lowest BCUT2D eigenvalue weighted by Crippen LogP contribution is -2.09. The minimum atomic E-state index is -0.387. The lowest BCUT2D eigenvalue weighted by molar-refractivity contribution is -0.139. The summed E-state index contributed by atoms with van der Waals surface area (Å²) in [4.78, 5) is 11.2. The first-order chi connectivity index (χ1) is 12.6. The van der Waals surface area contributed by atoms with Gasteiger partial charge in [-0.1, -0.05) is 6.58 Å². The number of hydrogen-bond donors (Lipinski definition) is 0. The third-order valence-electron chi connectivity index (χ3n) is 3.25. The Morgan fingerprint density at radius 1 is 1.04 bits per heavy atom. The van der Waals surface area contributed by atoms with Crippen molar-refractivity contribution < 1.29 is 14.3 Å². The molecule has 0 fully saturated rings. The van der Waals surface area contributed by atoms with Gasteiger partial charge in [-0.3, -0.25) is 0 Å². The zero-order valence-corrected chi connectivity index (χ0v) is 14.5. The minimum absolute atomic E-state index is 0.294. The molecule has 6 nitrogen and oxygen atoms in total. The maximum Gasteiger partial charge on any atom is 0.333 e. The standard InChI is InChI=1S/C20H19N3O3/c1-15(2)20(24)26-13-3-12-25-19-10-8-18(9-11-19)23-22-17-6-4-16(14-21)5-7-17/h4-11H,1,3,12-13H2,2H3. The molecule has 26 heavy (non-hydrogen) atoms. The van der Waals surface area contributed by atoms with Gasteiger partial charge < -0.3 is 9.47 Å². The van der Waals surface area contributed by atoms with Gasteiger partial charge in [-0.15, -0.1) is 0 Å². The van der Waals surface area contributed by atoms with Crippen molar-refractivity contribution in [1.82, 2.24) is 0 Å². The summed E-state index contributed by atoms with van der Waals surface area (Å²) < 4.78 is 10.6. The Kier molecular flexibility index (Phi) is 7.07. The molecule has 0 amide bonds. The molecule has 0 aliphatic rings. The first-order valence-electron chi connectivity index (χ1n) is 8.06. The third-order valence-corrected chi connectivity index (χ3v) is 3.25. The molecule has 0 aliphatic carbocycles. The van der Waals surface area contributed by atoms with E-state index in [9.17, 15) is 4.79 Å². The van der Waals surface area contributed by atoms with Crippen LogP contribution < -0.4 is 4.74 Å². The molecule has 132 valence electrons. The number of esters is 1. The van der Waals surface area contributed by atoms with Crippen molar-refractivity contribution >= 4 is 17.3 Å². The number of nitriles is 1. The summed E-state index contributed by atoms with van der Waals surface area (Å²) in [6, 6.07) is 16.1. The molecule has 2 rings (SSSR count). The van der Waals surface area contributed by atoms with Crippen LogP contribution in [0.25, 0.3) is 0 Å². The van der Waals surface area contributed by atoms with Crippen molar-refractivity contribution in [2.24, 2.45) is 10.2 Å². The predicted octanol–water partition coefficient (Wildman–Crippen LogP) is 4.86. The fourth-order valence-electron chi connectivity index (χ4n) is 1.86. The molecule has 2 aromatic rings. The van der Waals surface area contributed by atoms with Crippen molar-refractivity contribution in [3.8, 4) is 11.8 Å². The topological polar surface area (TPSA) is 84.0 Å². The van der Waals surface area contributed by atoms with E-state index in [0.29, 0.717) is 47.9 Å². The highest BCUT2D eigenvalue weighted by molar-refractivity contribution is 5.86. The first kappa shape index (κ1) is 18.9. The Morgan fingerprint density at radius 3 is 2.15 bits per heavy atom. The molecule has 0 saturated carbocycles. The number of benzene rings is 2. The van der Waals surface area contributed by atoms with Crippen molar-refractivity contribution in [2.45, 2.75) is 13.3 Å². The van der Waals surface area contributed by atoms with Gasteiger partial charge in [0, 0.05) is 12.0 Å². The highest BCUT2D eigenvalue weighted by atomic mass is 16.5. The van der Waals surface area contributed by atoms with Crippen LogP contribution in [-0.4, -0.2) is 19.2 Å². The lowest BCUT2D eigenvalue weighted by Gasteiger charge is -2.07. The number of ether oxygens (including phenoxy) is 2. The van der Waals surface area contributed by atoms with Gasteiger partial charge in [0.1, 0.15) is 5.75 Å². The predicted molar refractivity (Wildman–Crippen MR) is 97.7 cm³/mol. The van der Waals surface area contributed by atoms with Gasteiger partial charge in [0.15, 0.2) is 0 Å². The van der Waals surface area contributed by atoms with Gasteiger partial charge >= 0.3 is 5.97 Å². The molecule has 2 aromatic carbocycles. The van der Waals surface area contributed by atoms with Gasteiger partial charge in [0.2, 0.25) is 0 Å². The Balaban J connectivity index is 1.77. The molecule has 6 heteroatoms. The SMILES string of the molecule is C=C(C)C(=O)OCCCOc1ccc(N=Nc2ccc(C#N)cc2)cc1. The normalized spacial score (nSPS) is 10.3. The zero-order chi connectivity index (χ0) is 18.8. The van der Waals surface area contributed by atoms with Crippen LogP contribution in [-0.2, 0) is 9.53 Å². The second-order valence-corrected chi connectivity index (χ2v) is 5.47. The van der Waals surface area contributed by atoms with Crippen LogP contribution >= 0.6 is 0 Å². The number of nitrogens with zero attached hydrogens (tertiary/aromatic N) is 3. The Morgan fingerprint density at radius 2 is 1.62 bits per heavy atom. The van der Waals surface area contributed by atoms with E-state index in [-0.39, 0.29) is 5.97 Å². The van der Waals surface area contributed by atoms with Crippen LogP contribution in [0, 0.1) is 11.3 Å². The summed E-state index contributed by atoms with van der Waals surface area (Å²) in [6.07, 6.45) is 0.596. The molecule has 0 atom stereocenters. The number of carbonyl (C=O) groups excluding carboxylic acids is 1. The van der Waals surface area contributed by atoms with Crippen LogP contribution in [0.15, 0.2) is 70.9 Å². The molecule has 0 saturated heterocycles. The fraction of sp³-hybridized carbons (Fsp3) is 0.200. The summed E-state index contributed by atoms with van der Waals surface area (Å²) >= 11 is 0.